The second-order valence-electron chi connectivity index (χ2n) is 6.23. The minimum Gasteiger partial charge on any atom is -0.379 e. The van der Waals surface area contributed by atoms with E-state index in [-0.39, 0.29) is 24.0 Å². The van der Waals surface area contributed by atoms with Gasteiger partial charge in [0.15, 0.2) is 5.96 Å². The first-order valence-corrected chi connectivity index (χ1v) is 10.2. The molecule has 2 N–H and O–H groups in total. The number of morpholine rings is 1. The van der Waals surface area contributed by atoms with E-state index in [9.17, 15) is 0 Å². The zero-order chi connectivity index (χ0) is 18.0. The molecule has 27 heavy (non-hydrogen) atoms. The average molecular weight is 500 g/mol. The number of guanidine groups is 1. The molecule has 0 radical (unpaired) electrons. The van der Waals surface area contributed by atoms with E-state index in [0.717, 1.165) is 45.4 Å². The molecular weight excluding hydrogens is 471 g/mol. The number of rotatable bonds is 7. The van der Waals surface area contributed by atoms with Crippen molar-refractivity contribution in [2.45, 2.75) is 19.5 Å². The summed E-state index contributed by atoms with van der Waals surface area (Å²) in [7, 11) is 0. The molecule has 5 nitrogen and oxygen atoms in total. The molecule has 2 aromatic rings. The Morgan fingerprint density at radius 3 is 2.59 bits per heavy atom. The van der Waals surface area contributed by atoms with Gasteiger partial charge in [0.05, 0.1) is 25.8 Å². The van der Waals surface area contributed by atoms with Gasteiger partial charge in [-0.2, -0.15) is 0 Å². The van der Waals surface area contributed by atoms with Gasteiger partial charge in [0.25, 0.3) is 0 Å². The summed E-state index contributed by atoms with van der Waals surface area (Å²) in [5.74, 6) is 0.870. The highest BCUT2D eigenvalue weighted by atomic mass is 127. The zero-order valence-corrected chi connectivity index (χ0v) is 18.9. The lowest BCUT2D eigenvalue weighted by Gasteiger charge is -2.35. The third-order valence-corrected chi connectivity index (χ3v) is 5.31. The predicted octanol–water partition coefficient (Wildman–Crippen LogP) is 3.49. The second kappa shape index (κ2) is 12.3. The number of nitrogens with zero attached hydrogens (tertiary/aromatic N) is 2. The Hall–Kier alpha value is -1.16. The van der Waals surface area contributed by atoms with Crippen LogP contribution in [0.15, 0.2) is 52.8 Å². The summed E-state index contributed by atoms with van der Waals surface area (Å²) < 4.78 is 5.53. The van der Waals surface area contributed by atoms with Crippen molar-refractivity contribution in [2.24, 2.45) is 4.99 Å². The fraction of sp³-hybridized carbons (Fsp3) is 0.450. The monoisotopic (exact) mass is 500 g/mol. The van der Waals surface area contributed by atoms with Crippen molar-refractivity contribution >= 4 is 41.3 Å². The standard InChI is InChI=1S/C20H28N4OS.HI/c1-2-21-20(22-15-18-9-6-14-26-18)23-16-19(17-7-4-3-5-8-17)24-10-12-25-13-11-24;/h3-9,14,19H,2,10-13,15-16H2,1H3,(H2,21,22,23);1H. The maximum Gasteiger partial charge on any atom is 0.191 e. The topological polar surface area (TPSA) is 48.9 Å². The molecule has 1 fully saturated rings. The van der Waals surface area contributed by atoms with Crippen molar-refractivity contribution in [3.63, 3.8) is 0 Å². The molecule has 0 aliphatic carbocycles. The van der Waals surface area contributed by atoms with Gasteiger partial charge in [-0.05, 0) is 23.9 Å². The Labute approximate surface area is 183 Å². The Kier molecular flexibility index (Phi) is 10.1. The normalized spacial score (nSPS) is 16.4. The predicted molar refractivity (Wildman–Crippen MR) is 124 cm³/mol. The molecular formula is C20H29IN4OS. The van der Waals surface area contributed by atoms with Crippen LogP contribution in [0.2, 0.25) is 0 Å². The highest BCUT2D eigenvalue weighted by Gasteiger charge is 2.22. The number of benzene rings is 1. The number of aliphatic imine (C=N–C) groups is 1. The quantitative estimate of drug-likeness (QED) is 0.347. The summed E-state index contributed by atoms with van der Waals surface area (Å²) in [6, 6.07) is 15.2. The molecule has 1 unspecified atom stereocenters. The van der Waals surface area contributed by atoms with E-state index >= 15 is 0 Å². The number of nitrogens with one attached hydrogen (secondary N) is 2. The van der Waals surface area contributed by atoms with Crippen LogP contribution < -0.4 is 10.6 Å². The van der Waals surface area contributed by atoms with E-state index in [2.05, 4.69) is 70.3 Å². The fourth-order valence-electron chi connectivity index (χ4n) is 3.12. The van der Waals surface area contributed by atoms with Crippen molar-refractivity contribution in [3.8, 4) is 0 Å². The van der Waals surface area contributed by atoms with Crippen LogP contribution in [-0.2, 0) is 11.3 Å². The lowest BCUT2D eigenvalue weighted by atomic mass is 10.0. The second-order valence-corrected chi connectivity index (χ2v) is 7.26. The van der Waals surface area contributed by atoms with Gasteiger partial charge in [0.2, 0.25) is 0 Å². The van der Waals surface area contributed by atoms with Crippen molar-refractivity contribution in [1.82, 2.24) is 15.5 Å². The number of halogens is 1. The molecule has 1 aliphatic heterocycles. The highest BCUT2D eigenvalue weighted by molar-refractivity contribution is 14.0. The number of hydrogen-bond donors (Lipinski definition) is 2. The first-order chi connectivity index (χ1) is 12.9. The van der Waals surface area contributed by atoms with Crippen LogP contribution in [0.5, 0.6) is 0 Å². The maximum atomic E-state index is 5.53. The van der Waals surface area contributed by atoms with Gasteiger partial charge in [-0.3, -0.25) is 4.90 Å². The first kappa shape index (κ1) is 22.1. The van der Waals surface area contributed by atoms with E-state index in [1.807, 2.05) is 0 Å². The maximum absolute atomic E-state index is 5.53. The number of hydrogen-bond acceptors (Lipinski definition) is 4. The average Bonchev–Trinajstić information content (AvgIpc) is 3.21. The SMILES string of the molecule is CCNC(=NCc1cccs1)NCC(c1ccccc1)N1CCOCC1.I. The van der Waals surface area contributed by atoms with Crippen LogP contribution in [0.1, 0.15) is 23.4 Å². The third kappa shape index (κ3) is 7.06. The number of ether oxygens (including phenoxy) is 1. The molecule has 148 valence electrons. The Morgan fingerprint density at radius 2 is 1.93 bits per heavy atom. The van der Waals surface area contributed by atoms with Crippen molar-refractivity contribution in [1.29, 1.82) is 0 Å². The molecule has 1 aromatic heterocycles. The third-order valence-electron chi connectivity index (χ3n) is 4.45. The molecule has 0 amide bonds. The van der Waals surface area contributed by atoms with E-state index < -0.39 is 0 Å². The summed E-state index contributed by atoms with van der Waals surface area (Å²) in [5, 5.41) is 8.99. The Bertz CT molecular complexity index is 660. The highest BCUT2D eigenvalue weighted by Crippen LogP contribution is 2.21. The van der Waals surface area contributed by atoms with E-state index in [1.54, 1.807) is 11.3 Å². The first-order valence-electron chi connectivity index (χ1n) is 9.28. The van der Waals surface area contributed by atoms with Crippen LogP contribution >= 0.6 is 35.3 Å². The van der Waals surface area contributed by atoms with Gasteiger partial charge in [-0.25, -0.2) is 4.99 Å². The lowest BCUT2D eigenvalue weighted by molar-refractivity contribution is 0.0170. The molecule has 1 saturated heterocycles. The van der Waals surface area contributed by atoms with Crippen LogP contribution in [0.25, 0.3) is 0 Å². The van der Waals surface area contributed by atoms with Gasteiger partial charge in [-0.15, -0.1) is 35.3 Å². The lowest BCUT2D eigenvalue weighted by Crippen LogP contribution is -2.46. The molecule has 0 saturated carbocycles. The zero-order valence-electron chi connectivity index (χ0n) is 15.8. The van der Waals surface area contributed by atoms with Crippen LogP contribution in [0, 0.1) is 0 Å². The molecule has 1 aliphatic rings. The van der Waals surface area contributed by atoms with Gasteiger partial charge in [0, 0.05) is 31.1 Å². The van der Waals surface area contributed by atoms with Crippen LogP contribution in [-0.4, -0.2) is 50.3 Å². The van der Waals surface area contributed by atoms with Gasteiger partial charge in [0.1, 0.15) is 0 Å². The molecule has 0 bridgehead atoms. The molecule has 0 spiro atoms. The molecule has 7 heteroatoms. The number of thiophene rings is 1. The van der Waals surface area contributed by atoms with Crippen molar-refractivity contribution in [2.75, 3.05) is 39.4 Å². The molecule has 1 aromatic carbocycles. The summed E-state index contributed by atoms with van der Waals surface area (Å²) in [4.78, 5) is 8.50. The summed E-state index contributed by atoms with van der Waals surface area (Å²) in [6.07, 6.45) is 0. The van der Waals surface area contributed by atoms with Crippen molar-refractivity contribution in [3.05, 3.63) is 58.3 Å². The minimum atomic E-state index is 0. The molecule has 3 rings (SSSR count). The van der Waals surface area contributed by atoms with Crippen LogP contribution in [0.4, 0.5) is 0 Å². The van der Waals surface area contributed by atoms with Crippen LogP contribution in [0.3, 0.4) is 0 Å². The van der Waals surface area contributed by atoms with E-state index in [4.69, 9.17) is 9.73 Å². The largest absolute Gasteiger partial charge is 0.379 e. The Balaban J connectivity index is 0.00000261. The molecule has 1 atom stereocenters. The minimum absolute atomic E-state index is 0. The summed E-state index contributed by atoms with van der Waals surface area (Å²) in [6.45, 7) is 8.00. The van der Waals surface area contributed by atoms with Gasteiger partial charge < -0.3 is 15.4 Å². The van der Waals surface area contributed by atoms with E-state index in [1.165, 1.54) is 10.4 Å². The van der Waals surface area contributed by atoms with Crippen molar-refractivity contribution < 1.29 is 4.74 Å². The van der Waals surface area contributed by atoms with Gasteiger partial charge in [-0.1, -0.05) is 36.4 Å². The summed E-state index contributed by atoms with van der Waals surface area (Å²) >= 11 is 1.74. The molecule has 2 heterocycles. The van der Waals surface area contributed by atoms with Gasteiger partial charge >= 0.3 is 0 Å². The van der Waals surface area contributed by atoms with E-state index in [0.29, 0.717) is 12.6 Å². The smallest absolute Gasteiger partial charge is 0.191 e. The summed E-state index contributed by atoms with van der Waals surface area (Å²) in [5.41, 5.74) is 1.33. The Morgan fingerprint density at radius 1 is 1.15 bits per heavy atom. The fourth-order valence-corrected chi connectivity index (χ4v) is 3.74.